The number of rotatable bonds is 5. The highest BCUT2D eigenvalue weighted by molar-refractivity contribution is 7.87. The Morgan fingerprint density at radius 3 is 2.60 bits per heavy atom. The van der Waals surface area contributed by atoms with Gasteiger partial charge in [-0.25, -0.2) is 0 Å². The van der Waals surface area contributed by atoms with Crippen molar-refractivity contribution >= 4 is 10.2 Å². The van der Waals surface area contributed by atoms with E-state index < -0.39 is 10.2 Å². The van der Waals surface area contributed by atoms with Crippen LogP contribution in [0.1, 0.15) is 25.7 Å². The van der Waals surface area contributed by atoms with Gasteiger partial charge in [0.2, 0.25) is 0 Å². The largest absolute Gasteiger partial charge is 0.319 e. The fourth-order valence-electron chi connectivity index (χ4n) is 3.25. The smallest absolute Gasteiger partial charge is 0.279 e. The van der Waals surface area contributed by atoms with E-state index in [1.54, 1.807) is 4.31 Å². The van der Waals surface area contributed by atoms with Gasteiger partial charge in [0.05, 0.1) is 0 Å². The lowest BCUT2D eigenvalue weighted by Crippen LogP contribution is -2.53. The van der Waals surface area contributed by atoms with Crippen LogP contribution in [0.2, 0.25) is 0 Å². The zero-order chi connectivity index (χ0) is 14.6. The molecule has 0 spiro atoms. The Bertz CT molecular complexity index is 399. The van der Waals surface area contributed by atoms with E-state index in [9.17, 15) is 8.42 Å². The average Bonchev–Trinajstić information content (AvgIpc) is 2.39. The number of nitrogens with zero attached hydrogens (tertiary/aromatic N) is 2. The molecule has 2 aliphatic heterocycles. The molecule has 2 heterocycles. The molecule has 20 heavy (non-hydrogen) atoms. The van der Waals surface area contributed by atoms with Crippen LogP contribution in [0.15, 0.2) is 0 Å². The fraction of sp³-hybridized carbons (Fsp3) is 1.00. The quantitative estimate of drug-likeness (QED) is 0.741. The van der Waals surface area contributed by atoms with Crippen LogP contribution >= 0.6 is 0 Å². The first-order valence-corrected chi connectivity index (χ1v) is 9.06. The van der Waals surface area contributed by atoms with Crippen LogP contribution in [0.3, 0.4) is 0 Å². The van der Waals surface area contributed by atoms with Gasteiger partial charge >= 0.3 is 0 Å². The average molecular weight is 304 g/mol. The molecule has 0 amide bonds. The molecule has 0 radical (unpaired) electrons. The maximum atomic E-state index is 12.5. The molecule has 2 saturated heterocycles. The third-order valence-corrected chi connectivity index (χ3v) is 5.90. The SMILES string of the molecule is CNCC1CCCN(S(=O)(=O)NC2CCCN(C)C2)C1. The minimum absolute atomic E-state index is 0.0587. The molecule has 2 unspecified atom stereocenters. The molecule has 2 N–H and O–H groups in total. The van der Waals surface area contributed by atoms with Crippen LogP contribution in [0.25, 0.3) is 0 Å². The first-order valence-electron chi connectivity index (χ1n) is 7.62. The van der Waals surface area contributed by atoms with E-state index in [2.05, 4.69) is 14.9 Å². The molecule has 0 saturated carbocycles. The van der Waals surface area contributed by atoms with Crippen molar-refractivity contribution in [2.75, 3.05) is 46.8 Å². The van der Waals surface area contributed by atoms with Crippen LogP contribution in [0, 0.1) is 5.92 Å². The van der Waals surface area contributed by atoms with Crippen LogP contribution in [-0.4, -0.2) is 70.5 Å². The van der Waals surface area contributed by atoms with Gasteiger partial charge in [-0.1, -0.05) is 0 Å². The molecule has 118 valence electrons. The van der Waals surface area contributed by atoms with Gasteiger partial charge in [-0.15, -0.1) is 0 Å². The van der Waals surface area contributed by atoms with Gasteiger partial charge in [0, 0.05) is 25.7 Å². The van der Waals surface area contributed by atoms with Crippen LogP contribution in [-0.2, 0) is 10.2 Å². The summed E-state index contributed by atoms with van der Waals surface area (Å²) in [6.45, 7) is 4.05. The Labute approximate surface area is 123 Å². The summed E-state index contributed by atoms with van der Waals surface area (Å²) < 4.78 is 29.5. The minimum Gasteiger partial charge on any atom is -0.319 e. The van der Waals surface area contributed by atoms with Crippen molar-refractivity contribution in [1.82, 2.24) is 19.2 Å². The summed E-state index contributed by atoms with van der Waals surface area (Å²) in [6.07, 6.45) is 4.07. The van der Waals surface area contributed by atoms with Crippen LogP contribution in [0.4, 0.5) is 0 Å². The number of hydrogen-bond donors (Lipinski definition) is 2. The molecule has 0 aromatic carbocycles. The van der Waals surface area contributed by atoms with E-state index in [-0.39, 0.29) is 6.04 Å². The van der Waals surface area contributed by atoms with E-state index in [0.29, 0.717) is 19.0 Å². The molecule has 2 aliphatic rings. The Morgan fingerprint density at radius 2 is 1.90 bits per heavy atom. The lowest BCUT2D eigenvalue weighted by Gasteiger charge is -2.35. The lowest BCUT2D eigenvalue weighted by atomic mass is 10.00. The third kappa shape index (κ3) is 4.39. The molecule has 2 fully saturated rings. The van der Waals surface area contributed by atoms with Crippen molar-refractivity contribution in [2.45, 2.75) is 31.7 Å². The molecule has 2 atom stereocenters. The molecule has 7 heteroatoms. The number of likely N-dealkylation sites (tertiary alicyclic amines) is 1. The summed E-state index contributed by atoms with van der Waals surface area (Å²) in [7, 11) is 0.637. The second kappa shape index (κ2) is 7.17. The van der Waals surface area contributed by atoms with Gasteiger partial charge in [-0.3, -0.25) is 0 Å². The Morgan fingerprint density at radius 1 is 1.15 bits per heavy atom. The first-order chi connectivity index (χ1) is 9.51. The summed E-state index contributed by atoms with van der Waals surface area (Å²) in [4.78, 5) is 2.19. The number of piperidine rings is 2. The van der Waals surface area contributed by atoms with Crippen molar-refractivity contribution in [3.05, 3.63) is 0 Å². The summed E-state index contributed by atoms with van der Waals surface area (Å²) in [6, 6.07) is 0.0587. The summed E-state index contributed by atoms with van der Waals surface area (Å²) in [5.41, 5.74) is 0. The fourth-order valence-corrected chi connectivity index (χ4v) is 4.79. The van der Waals surface area contributed by atoms with Gasteiger partial charge in [0.15, 0.2) is 0 Å². The maximum Gasteiger partial charge on any atom is 0.279 e. The van der Waals surface area contributed by atoms with Crippen molar-refractivity contribution in [1.29, 1.82) is 0 Å². The zero-order valence-electron chi connectivity index (χ0n) is 12.6. The van der Waals surface area contributed by atoms with E-state index in [1.165, 1.54) is 0 Å². The standard InChI is InChI=1S/C13H28N4O2S/c1-14-9-12-5-3-8-17(10-12)20(18,19)15-13-6-4-7-16(2)11-13/h12-15H,3-11H2,1-2H3. The topological polar surface area (TPSA) is 64.7 Å². The minimum atomic E-state index is -3.33. The lowest BCUT2D eigenvalue weighted by molar-refractivity contribution is 0.231. The second-order valence-electron chi connectivity index (χ2n) is 6.15. The van der Waals surface area contributed by atoms with Crippen molar-refractivity contribution in [2.24, 2.45) is 5.92 Å². The zero-order valence-corrected chi connectivity index (χ0v) is 13.5. The molecular formula is C13H28N4O2S. The molecule has 0 aliphatic carbocycles. The van der Waals surface area contributed by atoms with Crippen LogP contribution < -0.4 is 10.0 Å². The Balaban J connectivity index is 1.91. The number of nitrogens with one attached hydrogen (secondary N) is 2. The summed E-state index contributed by atoms with van der Waals surface area (Å²) in [5, 5.41) is 3.15. The summed E-state index contributed by atoms with van der Waals surface area (Å²) >= 11 is 0. The molecular weight excluding hydrogens is 276 g/mol. The third-order valence-electron chi connectivity index (χ3n) is 4.25. The van der Waals surface area contributed by atoms with Gasteiger partial charge < -0.3 is 10.2 Å². The van der Waals surface area contributed by atoms with Gasteiger partial charge in [0.25, 0.3) is 10.2 Å². The Hall–Kier alpha value is -0.210. The second-order valence-corrected chi connectivity index (χ2v) is 7.85. The molecule has 0 aromatic rings. The molecule has 0 bridgehead atoms. The van der Waals surface area contributed by atoms with E-state index in [1.807, 2.05) is 14.1 Å². The van der Waals surface area contributed by atoms with Gasteiger partial charge in [-0.05, 0) is 58.8 Å². The van der Waals surface area contributed by atoms with Crippen molar-refractivity contribution in [3.8, 4) is 0 Å². The van der Waals surface area contributed by atoms with Gasteiger partial charge in [-0.2, -0.15) is 17.4 Å². The number of likely N-dealkylation sites (N-methyl/N-ethyl adjacent to an activating group) is 1. The van der Waals surface area contributed by atoms with Gasteiger partial charge in [0.1, 0.15) is 0 Å². The predicted molar refractivity (Wildman–Crippen MR) is 80.8 cm³/mol. The molecule has 2 rings (SSSR count). The predicted octanol–water partition coefficient (Wildman–Crippen LogP) is -0.154. The van der Waals surface area contributed by atoms with E-state index in [0.717, 1.165) is 45.3 Å². The molecule has 0 aromatic heterocycles. The highest BCUT2D eigenvalue weighted by Gasteiger charge is 2.31. The normalized spacial score (nSPS) is 30.5. The van der Waals surface area contributed by atoms with Crippen molar-refractivity contribution in [3.63, 3.8) is 0 Å². The van der Waals surface area contributed by atoms with Crippen molar-refractivity contribution < 1.29 is 8.42 Å². The van der Waals surface area contributed by atoms with Crippen LogP contribution in [0.5, 0.6) is 0 Å². The monoisotopic (exact) mass is 304 g/mol. The van der Waals surface area contributed by atoms with E-state index >= 15 is 0 Å². The highest BCUT2D eigenvalue weighted by atomic mass is 32.2. The molecule has 6 nitrogen and oxygen atoms in total. The van der Waals surface area contributed by atoms with E-state index in [4.69, 9.17) is 0 Å². The first kappa shape index (κ1) is 16.2. The highest BCUT2D eigenvalue weighted by Crippen LogP contribution is 2.19. The summed E-state index contributed by atoms with van der Waals surface area (Å²) in [5.74, 6) is 0.430. The number of hydrogen-bond acceptors (Lipinski definition) is 4. The maximum absolute atomic E-state index is 12.5. The Kier molecular flexibility index (Phi) is 5.80.